The summed E-state index contributed by atoms with van der Waals surface area (Å²) in [4.78, 5) is 26.5. The summed E-state index contributed by atoms with van der Waals surface area (Å²) in [6.45, 7) is 2.71. The van der Waals surface area contributed by atoms with Crippen LogP contribution in [-0.2, 0) is 6.42 Å². The van der Waals surface area contributed by atoms with Crippen LogP contribution in [0.2, 0.25) is 0 Å². The molecular weight excluding hydrogens is 400 g/mol. The Kier molecular flexibility index (Phi) is 5.05. The second-order valence-corrected chi connectivity index (χ2v) is 8.26. The van der Waals surface area contributed by atoms with Gasteiger partial charge in [-0.3, -0.25) is 19.7 Å². The molecule has 4 heterocycles. The molecule has 154 valence electrons. The molecule has 0 aromatic carbocycles. The van der Waals surface area contributed by atoms with E-state index in [0.29, 0.717) is 31.7 Å². The number of hydrogen-bond donors (Lipinski definition) is 0. The SMILES string of the molecule is O=C1c2cccnc2CC2(C3=CC=C(Cl)CC3)N(CCOc3cccnc3)CCN12. The van der Waals surface area contributed by atoms with Gasteiger partial charge in [0.05, 0.1) is 17.5 Å². The predicted molar refractivity (Wildman–Crippen MR) is 114 cm³/mol. The van der Waals surface area contributed by atoms with Crippen molar-refractivity contribution in [1.29, 1.82) is 0 Å². The lowest BCUT2D eigenvalue weighted by atomic mass is 9.82. The van der Waals surface area contributed by atoms with Crippen LogP contribution >= 0.6 is 11.6 Å². The van der Waals surface area contributed by atoms with Crippen LogP contribution in [0.4, 0.5) is 0 Å². The average Bonchev–Trinajstić information content (AvgIpc) is 3.15. The lowest BCUT2D eigenvalue weighted by Crippen LogP contribution is -2.61. The van der Waals surface area contributed by atoms with E-state index in [0.717, 1.165) is 35.9 Å². The number of carbonyl (C=O) groups is 1. The van der Waals surface area contributed by atoms with Gasteiger partial charge in [-0.25, -0.2) is 0 Å². The van der Waals surface area contributed by atoms with Crippen molar-refractivity contribution in [3.63, 3.8) is 0 Å². The van der Waals surface area contributed by atoms with Gasteiger partial charge in [0, 0.05) is 43.5 Å². The van der Waals surface area contributed by atoms with Crippen LogP contribution in [0.3, 0.4) is 0 Å². The molecule has 2 aromatic rings. The summed E-state index contributed by atoms with van der Waals surface area (Å²) < 4.78 is 5.92. The van der Waals surface area contributed by atoms with Gasteiger partial charge in [-0.15, -0.1) is 0 Å². The number of rotatable bonds is 5. The third kappa shape index (κ3) is 3.20. The van der Waals surface area contributed by atoms with E-state index in [1.165, 1.54) is 5.57 Å². The third-order valence-corrected chi connectivity index (χ3v) is 6.54. The summed E-state index contributed by atoms with van der Waals surface area (Å²) in [5, 5.41) is 0.854. The number of pyridine rings is 2. The van der Waals surface area contributed by atoms with Crippen molar-refractivity contribution in [2.75, 3.05) is 26.2 Å². The average molecular weight is 423 g/mol. The van der Waals surface area contributed by atoms with Gasteiger partial charge in [0.25, 0.3) is 5.91 Å². The van der Waals surface area contributed by atoms with Crippen LogP contribution in [0.25, 0.3) is 0 Å². The minimum absolute atomic E-state index is 0.0570. The van der Waals surface area contributed by atoms with E-state index in [1.807, 2.05) is 35.2 Å². The van der Waals surface area contributed by atoms with Gasteiger partial charge in [0.15, 0.2) is 0 Å². The molecule has 1 amide bonds. The molecule has 2 aromatic heterocycles. The molecule has 30 heavy (non-hydrogen) atoms. The van der Waals surface area contributed by atoms with Gasteiger partial charge >= 0.3 is 0 Å². The molecule has 1 unspecified atom stereocenters. The summed E-state index contributed by atoms with van der Waals surface area (Å²) in [6.07, 6.45) is 11.6. The van der Waals surface area contributed by atoms with E-state index in [1.54, 1.807) is 18.6 Å². The Morgan fingerprint density at radius 2 is 2.03 bits per heavy atom. The fourth-order valence-electron chi connectivity index (χ4n) is 4.83. The molecule has 0 saturated carbocycles. The Balaban J connectivity index is 1.48. The molecule has 2 aliphatic heterocycles. The largest absolute Gasteiger partial charge is 0.491 e. The number of carbonyl (C=O) groups excluding carboxylic acids is 1. The Labute approximate surface area is 180 Å². The molecule has 7 heteroatoms. The summed E-state index contributed by atoms with van der Waals surface area (Å²) in [5.74, 6) is 0.808. The zero-order chi connectivity index (χ0) is 20.6. The van der Waals surface area contributed by atoms with E-state index < -0.39 is 5.66 Å². The van der Waals surface area contributed by atoms with Crippen LogP contribution in [0.15, 0.2) is 65.6 Å². The van der Waals surface area contributed by atoms with Crippen LogP contribution in [-0.4, -0.2) is 57.6 Å². The second kappa shape index (κ2) is 7.85. The second-order valence-electron chi connectivity index (χ2n) is 7.78. The maximum absolute atomic E-state index is 13.4. The quantitative estimate of drug-likeness (QED) is 0.739. The van der Waals surface area contributed by atoms with Gasteiger partial charge < -0.3 is 9.64 Å². The molecule has 5 rings (SSSR count). The highest BCUT2D eigenvalue weighted by Crippen LogP contribution is 2.44. The minimum atomic E-state index is -0.509. The number of amides is 1. The number of halogens is 1. The summed E-state index contributed by atoms with van der Waals surface area (Å²) in [5.41, 5.74) is 2.28. The van der Waals surface area contributed by atoms with E-state index in [2.05, 4.69) is 20.9 Å². The zero-order valence-corrected chi connectivity index (χ0v) is 17.4. The van der Waals surface area contributed by atoms with Crippen LogP contribution in [0.1, 0.15) is 28.9 Å². The number of allylic oxidation sites excluding steroid dienone is 3. The van der Waals surface area contributed by atoms with Gasteiger partial charge in [-0.2, -0.15) is 0 Å². The highest BCUT2D eigenvalue weighted by Gasteiger charge is 2.55. The van der Waals surface area contributed by atoms with Crippen LogP contribution < -0.4 is 4.74 Å². The van der Waals surface area contributed by atoms with Crippen molar-refractivity contribution < 1.29 is 9.53 Å². The number of ether oxygens (including phenoxy) is 1. The molecular formula is C23H23ClN4O2. The van der Waals surface area contributed by atoms with Crippen molar-refractivity contribution in [3.05, 3.63) is 76.9 Å². The first-order valence-corrected chi connectivity index (χ1v) is 10.7. The molecule has 1 fully saturated rings. The summed E-state index contributed by atoms with van der Waals surface area (Å²) in [6, 6.07) is 7.48. The smallest absolute Gasteiger partial charge is 0.257 e. The Bertz CT molecular complexity index is 1020. The first kappa shape index (κ1) is 19.3. The van der Waals surface area contributed by atoms with Crippen molar-refractivity contribution in [2.24, 2.45) is 0 Å². The van der Waals surface area contributed by atoms with Gasteiger partial charge in [-0.05, 0) is 48.8 Å². The lowest BCUT2D eigenvalue weighted by molar-refractivity contribution is 0.0222. The molecule has 6 nitrogen and oxygen atoms in total. The first-order chi connectivity index (χ1) is 14.7. The maximum atomic E-state index is 13.4. The number of nitrogens with zero attached hydrogens (tertiary/aromatic N) is 4. The van der Waals surface area contributed by atoms with Crippen molar-refractivity contribution >= 4 is 17.5 Å². The monoisotopic (exact) mass is 422 g/mol. The molecule has 3 aliphatic rings. The molecule has 1 saturated heterocycles. The summed E-state index contributed by atoms with van der Waals surface area (Å²) >= 11 is 6.24. The van der Waals surface area contributed by atoms with Crippen LogP contribution in [0, 0.1) is 0 Å². The zero-order valence-electron chi connectivity index (χ0n) is 16.6. The van der Waals surface area contributed by atoms with E-state index >= 15 is 0 Å². The first-order valence-electron chi connectivity index (χ1n) is 10.3. The molecule has 0 bridgehead atoms. The molecule has 0 N–H and O–H groups in total. The Morgan fingerprint density at radius 1 is 1.13 bits per heavy atom. The summed E-state index contributed by atoms with van der Waals surface area (Å²) in [7, 11) is 0. The Hall–Kier alpha value is -2.70. The number of hydrogen-bond acceptors (Lipinski definition) is 5. The van der Waals surface area contributed by atoms with Crippen molar-refractivity contribution in [3.8, 4) is 5.75 Å². The van der Waals surface area contributed by atoms with Gasteiger partial charge in [0.2, 0.25) is 0 Å². The predicted octanol–water partition coefficient (Wildman–Crippen LogP) is 3.41. The third-order valence-electron chi connectivity index (χ3n) is 6.22. The van der Waals surface area contributed by atoms with Gasteiger partial charge in [0.1, 0.15) is 18.0 Å². The number of aromatic nitrogens is 2. The molecule has 0 spiro atoms. The lowest BCUT2D eigenvalue weighted by Gasteiger charge is -2.48. The van der Waals surface area contributed by atoms with Crippen molar-refractivity contribution in [2.45, 2.75) is 24.9 Å². The Morgan fingerprint density at radius 3 is 2.83 bits per heavy atom. The fourth-order valence-corrected chi connectivity index (χ4v) is 4.99. The molecule has 1 aliphatic carbocycles. The van der Waals surface area contributed by atoms with Gasteiger partial charge in [-0.1, -0.05) is 17.7 Å². The minimum Gasteiger partial charge on any atom is -0.491 e. The highest BCUT2D eigenvalue weighted by atomic mass is 35.5. The fraction of sp³-hybridized carbons (Fsp3) is 0.348. The molecule has 0 radical (unpaired) electrons. The van der Waals surface area contributed by atoms with E-state index in [-0.39, 0.29) is 5.91 Å². The highest BCUT2D eigenvalue weighted by molar-refractivity contribution is 6.29. The normalized spacial score (nSPS) is 23.5. The number of fused-ring (bicyclic) bond motifs is 2. The maximum Gasteiger partial charge on any atom is 0.257 e. The van der Waals surface area contributed by atoms with Crippen LogP contribution in [0.5, 0.6) is 5.75 Å². The standard InChI is InChI=1S/C23H23ClN4O2/c24-18-7-5-17(6-8-18)23-15-21-20(4-2-10-26-21)22(29)28(23)12-11-27(23)13-14-30-19-3-1-9-25-16-19/h1-5,7,9-10,16H,6,8,11-15H2. The van der Waals surface area contributed by atoms with Crippen molar-refractivity contribution in [1.82, 2.24) is 19.8 Å². The topological polar surface area (TPSA) is 58.6 Å². The van der Waals surface area contributed by atoms with E-state index in [9.17, 15) is 4.79 Å². The molecule has 1 atom stereocenters. The van der Waals surface area contributed by atoms with E-state index in [4.69, 9.17) is 16.3 Å².